The lowest BCUT2D eigenvalue weighted by Crippen LogP contribution is -2.54. The number of carbonyl (C=O) groups excluding carboxylic acids is 4. The minimum atomic E-state index is -2.57. The molecule has 8 rings (SSSR count). The van der Waals surface area contributed by atoms with Crippen LogP contribution in [0.15, 0.2) is 84.9 Å². The Morgan fingerprint density at radius 3 is 1.61 bits per heavy atom. The van der Waals surface area contributed by atoms with Crippen LogP contribution < -0.4 is 29.9 Å². The highest BCUT2D eigenvalue weighted by Gasteiger charge is 2.34. The lowest BCUT2D eigenvalue weighted by molar-refractivity contribution is -0.136. The van der Waals surface area contributed by atoms with Gasteiger partial charge < -0.3 is 44.7 Å². The Bertz CT molecular complexity index is 2830. The van der Waals surface area contributed by atoms with Gasteiger partial charge in [-0.15, -0.1) is 0 Å². The van der Waals surface area contributed by atoms with Crippen molar-refractivity contribution in [3.05, 3.63) is 118 Å². The summed E-state index contributed by atoms with van der Waals surface area (Å²) < 4.78 is 42.5. The fraction of sp³-hybridized carbons (Fsp3) is 0.554. The lowest BCUT2D eigenvalue weighted by atomic mass is 9.86. The number of aryl methyl sites for hydroxylation is 2. The van der Waals surface area contributed by atoms with Gasteiger partial charge in [0, 0.05) is 102 Å². The van der Waals surface area contributed by atoms with Crippen LogP contribution in [0.4, 0.5) is 25.0 Å². The second-order valence-corrected chi connectivity index (χ2v) is 24.3. The summed E-state index contributed by atoms with van der Waals surface area (Å²) in [4.78, 5) is 72.5. The molecule has 2 saturated carbocycles. The number of nitrogens with one attached hydrogen (secondary N) is 2. The van der Waals surface area contributed by atoms with Crippen LogP contribution in [0, 0.1) is 25.7 Å². The number of aliphatic carboxylic acids is 1. The molecule has 0 aromatic heterocycles. The lowest BCUT2D eigenvalue weighted by Gasteiger charge is -2.40. The van der Waals surface area contributed by atoms with Gasteiger partial charge in [0.15, 0.2) is 0 Å². The first-order valence-corrected chi connectivity index (χ1v) is 29.7. The molecule has 16 nitrogen and oxygen atoms in total. The molecule has 2 aliphatic heterocycles. The normalized spacial score (nSPS) is 21.5. The van der Waals surface area contributed by atoms with E-state index in [0.29, 0.717) is 35.2 Å². The number of amides is 4. The molecule has 0 unspecified atom stereocenters. The minimum absolute atomic E-state index is 0.00787. The Kier molecular flexibility index (Phi) is 22.9. The number of carbonyl (C=O) groups is 5. The van der Waals surface area contributed by atoms with Crippen LogP contribution in [0.2, 0.25) is 0 Å². The molecule has 18 heteroatoms. The first-order valence-electron chi connectivity index (χ1n) is 29.7. The van der Waals surface area contributed by atoms with Crippen LogP contribution in [0.1, 0.15) is 119 Å². The molecular weight excluding hydrogens is 1060 g/mol. The molecule has 2 saturated heterocycles. The van der Waals surface area contributed by atoms with Gasteiger partial charge in [-0.05, 0) is 182 Å². The van der Waals surface area contributed by atoms with Gasteiger partial charge in [0.05, 0.1) is 31.6 Å². The van der Waals surface area contributed by atoms with Crippen LogP contribution in [0.3, 0.4) is 0 Å². The maximum atomic E-state index is 13.4. The zero-order valence-corrected chi connectivity index (χ0v) is 50.3. The van der Waals surface area contributed by atoms with Gasteiger partial charge in [0.1, 0.15) is 17.1 Å². The van der Waals surface area contributed by atoms with Gasteiger partial charge in [-0.2, -0.15) is 0 Å². The van der Waals surface area contributed by atoms with Crippen molar-refractivity contribution >= 4 is 41.2 Å². The first-order chi connectivity index (χ1) is 39.5. The van der Waals surface area contributed by atoms with Crippen molar-refractivity contribution in [3.8, 4) is 11.5 Å². The van der Waals surface area contributed by atoms with E-state index in [1.54, 1.807) is 40.1 Å². The highest BCUT2D eigenvalue weighted by molar-refractivity contribution is 5.95. The second-order valence-electron chi connectivity index (χ2n) is 24.3. The standard InChI is InChI=1S/C34H47N3O6.C31H42F2N4O3/c1-23-18-28(13-10-27(23)22-36-16-17-37(24(2)21-36)33(41)43-34(3,4)5)35(6)32(40)26-11-14-29(15-12-26)42-30-9-7-8-25(19-30)20-31(38)39;1-21-15-26(10-7-25(21)20-37-14-13-34-22(2)19-37)36(3)31(39)24-8-11-27(12-9-24)40-28-6-4-5-23(16-28)17-30(38)35-18-29(32)33/h7-10,13,18-19,24,26,29H,11-12,14-17,20-22H2,1-6H3,(H,38,39);4-7,10,15-16,22,24,27,29,34H,8-9,11-14,17-20H2,1-3H3,(H,35,38)/t24-,26-,29-;22-,24-,27-/m00/s1. The number of halogens is 2. The van der Waals surface area contributed by atoms with Gasteiger partial charge in [-0.3, -0.25) is 29.0 Å². The highest BCUT2D eigenvalue weighted by atomic mass is 19.3. The van der Waals surface area contributed by atoms with Gasteiger partial charge in [0.2, 0.25) is 17.7 Å². The van der Waals surface area contributed by atoms with Crippen molar-refractivity contribution < 1.29 is 52.1 Å². The van der Waals surface area contributed by atoms with Gasteiger partial charge in [-0.25, -0.2) is 13.6 Å². The molecule has 2 atom stereocenters. The molecule has 4 fully saturated rings. The van der Waals surface area contributed by atoms with E-state index in [2.05, 4.69) is 78.5 Å². The Hall–Kier alpha value is -6.63. The average molecular weight is 1150 g/mol. The van der Waals surface area contributed by atoms with Crippen LogP contribution in [-0.2, 0) is 49.8 Å². The molecule has 0 spiro atoms. The van der Waals surface area contributed by atoms with Gasteiger partial charge in [0.25, 0.3) is 6.43 Å². The summed E-state index contributed by atoms with van der Waals surface area (Å²) in [7, 11) is 3.71. The maximum absolute atomic E-state index is 13.4. The summed E-state index contributed by atoms with van der Waals surface area (Å²) in [6, 6.07) is 27.6. The van der Waals surface area contributed by atoms with E-state index in [9.17, 15) is 32.8 Å². The molecule has 4 aromatic rings. The Balaban J connectivity index is 0.000000239. The minimum Gasteiger partial charge on any atom is -0.490 e. The van der Waals surface area contributed by atoms with Crippen molar-refractivity contribution in [3.63, 3.8) is 0 Å². The zero-order chi connectivity index (χ0) is 60.0. The number of hydrogen-bond donors (Lipinski definition) is 3. The van der Waals surface area contributed by atoms with E-state index < -0.39 is 30.4 Å². The van der Waals surface area contributed by atoms with E-state index in [0.717, 1.165) is 114 Å². The third kappa shape index (κ3) is 19.5. The van der Waals surface area contributed by atoms with Crippen molar-refractivity contribution in [1.82, 2.24) is 25.3 Å². The van der Waals surface area contributed by atoms with Crippen molar-refractivity contribution in [1.29, 1.82) is 0 Å². The summed E-state index contributed by atoms with van der Waals surface area (Å²) in [5.41, 5.74) is 7.59. The van der Waals surface area contributed by atoms with E-state index in [1.807, 2.05) is 64.0 Å². The summed E-state index contributed by atoms with van der Waals surface area (Å²) in [6.45, 7) is 20.5. The molecule has 4 aromatic carbocycles. The third-order valence-electron chi connectivity index (χ3n) is 16.3. The largest absolute Gasteiger partial charge is 0.490 e. The van der Waals surface area contributed by atoms with Crippen LogP contribution in [0.25, 0.3) is 0 Å². The van der Waals surface area contributed by atoms with E-state index in [4.69, 9.17) is 19.3 Å². The summed E-state index contributed by atoms with van der Waals surface area (Å²) >= 11 is 0. The number of alkyl halides is 2. The van der Waals surface area contributed by atoms with Crippen molar-refractivity contribution in [2.24, 2.45) is 11.8 Å². The molecule has 83 heavy (non-hydrogen) atoms. The summed E-state index contributed by atoms with van der Waals surface area (Å²) in [6.07, 6.45) is 3.30. The fourth-order valence-electron chi connectivity index (χ4n) is 11.7. The summed E-state index contributed by atoms with van der Waals surface area (Å²) in [5, 5.41) is 14.8. The van der Waals surface area contributed by atoms with Gasteiger partial charge in [-0.1, -0.05) is 36.4 Å². The number of carboxylic acids is 1. The molecule has 3 N–H and O–H groups in total. The van der Waals surface area contributed by atoms with E-state index in [1.165, 1.54) is 16.7 Å². The molecule has 4 amide bonds. The van der Waals surface area contributed by atoms with E-state index >= 15 is 0 Å². The number of nitrogens with zero attached hydrogens (tertiary/aromatic N) is 5. The number of carboxylic acid groups (broad SMARTS) is 1. The first kappa shape index (κ1) is 63.9. The molecule has 4 aliphatic rings. The molecule has 0 bridgehead atoms. The van der Waals surface area contributed by atoms with E-state index in [-0.39, 0.29) is 60.8 Å². The molecular formula is C65H89F2N7O9. The SMILES string of the molecule is Cc1cc(N(C)C(=O)[C@H]2CC[C@H](Oc3cccc(CC(=O)NCC(F)F)c3)CC2)ccc1CN1CCN[C@@H](C)C1.Cc1cc(N(C)C(=O)[C@H]2CC[C@H](Oc3cccc(CC(=O)O)c3)CC2)ccc1CN1CCN(C(=O)OC(C)(C)C)[C@@H](C)C1. The van der Waals surface area contributed by atoms with Crippen LogP contribution in [0.5, 0.6) is 11.5 Å². The van der Waals surface area contributed by atoms with Gasteiger partial charge >= 0.3 is 12.1 Å². The smallest absolute Gasteiger partial charge is 0.410 e. The second kappa shape index (κ2) is 29.8. The molecule has 2 heterocycles. The maximum Gasteiger partial charge on any atom is 0.410 e. The third-order valence-corrected chi connectivity index (χ3v) is 16.3. The molecule has 0 radical (unpaired) electrons. The average Bonchev–Trinajstić information content (AvgIpc) is 3.49. The summed E-state index contributed by atoms with van der Waals surface area (Å²) in [5.74, 6) is 0.189. The number of ether oxygens (including phenoxy) is 3. The molecule has 452 valence electrons. The molecule has 2 aliphatic carbocycles. The zero-order valence-electron chi connectivity index (χ0n) is 50.3. The number of hydrogen-bond acceptors (Lipinski definition) is 11. The Morgan fingerprint density at radius 1 is 0.675 bits per heavy atom. The Labute approximate surface area is 490 Å². The monoisotopic (exact) mass is 1150 g/mol. The number of piperazine rings is 2. The Morgan fingerprint density at radius 2 is 1.17 bits per heavy atom. The number of anilines is 2. The number of rotatable bonds is 18. The fourth-order valence-corrected chi connectivity index (χ4v) is 11.7. The highest BCUT2D eigenvalue weighted by Crippen LogP contribution is 2.33. The van der Waals surface area contributed by atoms with Crippen molar-refractivity contribution in [2.45, 2.75) is 162 Å². The predicted octanol–water partition coefficient (Wildman–Crippen LogP) is 9.98. The van der Waals surface area contributed by atoms with Crippen molar-refractivity contribution in [2.75, 3.05) is 69.7 Å². The van der Waals surface area contributed by atoms with Crippen LogP contribution in [-0.4, -0.2) is 146 Å². The number of benzene rings is 4. The topological polar surface area (TPSA) is 174 Å². The quantitative estimate of drug-likeness (QED) is 0.0862. The van der Waals surface area contributed by atoms with Crippen LogP contribution >= 0.6 is 0 Å². The predicted molar refractivity (Wildman–Crippen MR) is 319 cm³/mol.